The third-order valence-corrected chi connectivity index (χ3v) is 4.53. The maximum Gasteiger partial charge on any atom is 0.223 e. The summed E-state index contributed by atoms with van der Waals surface area (Å²) in [6.07, 6.45) is 3.82. The van der Waals surface area contributed by atoms with Crippen LogP contribution < -0.4 is 11.1 Å². The van der Waals surface area contributed by atoms with E-state index in [1.54, 1.807) is 11.3 Å². The number of hydrogen-bond donors (Lipinski definition) is 2. The van der Waals surface area contributed by atoms with Gasteiger partial charge in [0.15, 0.2) is 0 Å². The Kier molecular flexibility index (Phi) is 4.18. The van der Waals surface area contributed by atoms with Gasteiger partial charge in [-0.15, -0.1) is 11.3 Å². The van der Waals surface area contributed by atoms with Gasteiger partial charge in [-0.3, -0.25) is 4.79 Å². The Hall–Kier alpha value is -0.870. The Balaban J connectivity index is 1.85. The fourth-order valence-electron chi connectivity index (χ4n) is 2.32. The van der Waals surface area contributed by atoms with E-state index in [0.29, 0.717) is 6.04 Å². The van der Waals surface area contributed by atoms with Crippen LogP contribution in [0.4, 0.5) is 0 Å². The fourth-order valence-corrected chi connectivity index (χ4v) is 3.06. The van der Waals surface area contributed by atoms with Crippen LogP contribution in [0.1, 0.15) is 43.5 Å². The Labute approximate surface area is 106 Å². The Morgan fingerprint density at radius 3 is 2.76 bits per heavy atom. The van der Waals surface area contributed by atoms with Crippen molar-refractivity contribution in [3.8, 4) is 0 Å². The summed E-state index contributed by atoms with van der Waals surface area (Å²) >= 11 is 1.69. The van der Waals surface area contributed by atoms with Crippen molar-refractivity contribution in [1.82, 2.24) is 5.32 Å². The van der Waals surface area contributed by atoms with Crippen molar-refractivity contribution < 1.29 is 4.79 Å². The molecule has 0 saturated heterocycles. The highest BCUT2D eigenvalue weighted by Crippen LogP contribution is 2.25. The van der Waals surface area contributed by atoms with Gasteiger partial charge in [0, 0.05) is 16.8 Å². The number of carbonyl (C=O) groups excluding carboxylic acids is 1. The molecule has 1 heterocycles. The number of hydrogen-bond acceptors (Lipinski definition) is 3. The average Bonchev–Trinajstić information content (AvgIpc) is 2.83. The van der Waals surface area contributed by atoms with Gasteiger partial charge < -0.3 is 11.1 Å². The van der Waals surface area contributed by atoms with E-state index in [1.807, 2.05) is 18.4 Å². The largest absolute Gasteiger partial charge is 0.349 e. The zero-order valence-corrected chi connectivity index (χ0v) is 11.0. The molecule has 1 aliphatic carbocycles. The smallest absolute Gasteiger partial charge is 0.223 e. The topological polar surface area (TPSA) is 55.1 Å². The molecule has 1 fully saturated rings. The maximum atomic E-state index is 12.1. The third-order valence-electron chi connectivity index (χ3n) is 3.47. The molecule has 0 aromatic carbocycles. The molecule has 1 aromatic heterocycles. The highest BCUT2D eigenvalue weighted by atomic mass is 32.1. The van der Waals surface area contributed by atoms with Gasteiger partial charge in [0.2, 0.25) is 5.91 Å². The Bertz CT molecular complexity index is 356. The van der Waals surface area contributed by atoms with Crippen LogP contribution in [0, 0.1) is 5.92 Å². The first-order chi connectivity index (χ1) is 8.16. The van der Waals surface area contributed by atoms with Gasteiger partial charge in [0.1, 0.15) is 0 Å². The third kappa shape index (κ3) is 3.30. The molecule has 3 nitrogen and oxygen atoms in total. The summed E-state index contributed by atoms with van der Waals surface area (Å²) in [5.74, 6) is 0.356. The van der Waals surface area contributed by atoms with E-state index in [1.165, 1.54) is 4.88 Å². The maximum absolute atomic E-state index is 12.1. The summed E-state index contributed by atoms with van der Waals surface area (Å²) in [6.45, 7) is 2.04. The number of nitrogens with two attached hydrogens (primary N) is 1. The van der Waals surface area contributed by atoms with E-state index in [-0.39, 0.29) is 17.9 Å². The molecule has 1 amide bonds. The molecule has 1 unspecified atom stereocenters. The molecule has 1 saturated carbocycles. The predicted molar refractivity (Wildman–Crippen MR) is 70.8 cm³/mol. The van der Waals surface area contributed by atoms with E-state index in [9.17, 15) is 4.79 Å². The second-order valence-electron chi connectivity index (χ2n) is 4.86. The summed E-state index contributed by atoms with van der Waals surface area (Å²) < 4.78 is 0. The minimum atomic E-state index is 0.123. The van der Waals surface area contributed by atoms with Crippen molar-refractivity contribution in [3.05, 3.63) is 22.4 Å². The van der Waals surface area contributed by atoms with E-state index >= 15 is 0 Å². The molecule has 0 spiro atoms. The quantitative estimate of drug-likeness (QED) is 0.868. The van der Waals surface area contributed by atoms with Crippen LogP contribution >= 0.6 is 11.3 Å². The van der Waals surface area contributed by atoms with E-state index in [4.69, 9.17) is 5.73 Å². The van der Waals surface area contributed by atoms with Crippen LogP contribution in [0.15, 0.2) is 17.5 Å². The molecule has 0 bridgehead atoms. The lowest BCUT2D eigenvalue weighted by Gasteiger charge is -2.26. The molecule has 3 N–H and O–H groups in total. The lowest BCUT2D eigenvalue weighted by molar-refractivity contribution is -0.126. The molecule has 1 aromatic rings. The summed E-state index contributed by atoms with van der Waals surface area (Å²) in [6, 6.07) is 4.50. The number of thiophene rings is 1. The second-order valence-corrected chi connectivity index (χ2v) is 5.84. The van der Waals surface area contributed by atoms with Crippen LogP contribution in [0.2, 0.25) is 0 Å². The molecule has 4 heteroatoms. The van der Waals surface area contributed by atoms with Gasteiger partial charge in [-0.2, -0.15) is 0 Å². The number of nitrogens with one attached hydrogen (secondary N) is 1. The van der Waals surface area contributed by atoms with Gasteiger partial charge in [-0.1, -0.05) is 6.07 Å². The van der Waals surface area contributed by atoms with Crippen LogP contribution in [-0.4, -0.2) is 11.9 Å². The van der Waals surface area contributed by atoms with Crippen LogP contribution in [-0.2, 0) is 4.79 Å². The van der Waals surface area contributed by atoms with Gasteiger partial charge in [-0.05, 0) is 44.1 Å². The van der Waals surface area contributed by atoms with E-state index < -0.39 is 0 Å². The van der Waals surface area contributed by atoms with Crippen LogP contribution in [0.3, 0.4) is 0 Å². The molecule has 17 heavy (non-hydrogen) atoms. The highest BCUT2D eigenvalue weighted by Gasteiger charge is 2.25. The zero-order chi connectivity index (χ0) is 12.3. The minimum Gasteiger partial charge on any atom is -0.349 e. The van der Waals surface area contributed by atoms with Crippen molar-refractivity contribution in [1.29, 1.82) is 0 Å². The first-order valence-corrected chi connectivity index (χ1v) is 7.14. The first kappa shape index (κ1) is 12.6. The van der Waals surface area contributed by atoms with Crippen molar-refractivity contribution in [3.63, 3.8) is 0 Å². The lowest BCUT2D eigenvalue weighted by Crippen LogP contribution is -2.37. The Morgan fingerprint density at radius 1 is 1.47 bits per heavy atom. The van der Waals surface area contributed by atoms with Gasteiger partial charge >= 0.3 is 0 Å². The number of rotatable bonds is 3. The summed E-state index contributed by atoms with van der Waals surface area (Å²) in [5.41, 5.74) is 5.85. The van der Waals surface area contributed by atoms with E-state index in [2.05, 4.69) is 11.4 Å². The monoisotopic (exact) mass is 252 g/mol. The molecule has 1 atom stereocenters. The van der Waals surface area contributed by atoms with E-state index in [0.717, 1.165) is 25.7 Å². The standard InChI is InChI=1S/C13H20N2OS/c1-9(12-3-2-8-17-12)15-13(16)10-4-6-11(14)7-5-10/h2-3,8-11H,4-7,14H2,1H3,(H,15,16). The molecule has 1 aliphatic rings. The summed E-state index contributed by atoms with van der Waals surface area (Å²) in [4.78, 5) is 13.3. The predicted octanol–water partition coefficient (Wildman–Crippen LogP) is 2.44. The highest BCUT2D eigenvalue weighted by molar-refractivity contribution is 7.10. The number of amides is 1. The van der Waals surface area contributed by atoms with Gasteiger partial charge in [-0.25, -0.2) is 0 Å². The minimum absolute atomic E-state index is 0.123. The normalized spacial score (nSPS) is 26.5. The molecular weight excluding hydrogens is 232 g/mol. The molecule has 0 aliphatic heterocycles. The summed E-state index contributed by atoms with van der Waals surface area (Å²) in [5, 5.41) is 5.14. The molecule has 0 radical (unpaired) electrons. The Morgan fingerprint density at radius 2 is 2.18 bits per heavy atom. The summed E-state index contributed by atoms with van der Waals surface area (Å²) in [7, 11) is 0. The fraction of sp³-hybridized carbons (Fsp3) is 0.615. The molecule has 2 rings (SSSR count). The molecular formula is C13H20N2OS. The lowest BCUT2D eigenvalue weighted by atomic mass is 9.86. The zero-order valence-electron chi connectivity index (χ0n) is 10.2. The number of carbonyl (C=O) groups is 1. The van der Waals surface area contributed by atoms with Crippen molar-refractivity contribution in [2.75, 3.05) is 0 Å². The van der Waals surface area contributed by atoms with Crippen molar-refractivity contribution >= 4 is 17.2 Å². The van der Waals surface area contributed by atoms with Crippen molar-refractivity contribution in [2.45, 2.75) is 44.7 Å². The average molecular weight is 252 g/mol. The second kappa shape index (κ2) is 5.65. The SMILES string of the molecule is CC(NC(=O)C1CCC(N)CC1)c1cccs1. The first-order valence-electron chi connectivity index (χ1n) is 6.26. The molecule has 94 valence electrons. The van der Waals surface area contributed by atoms with Crippen molar-refractivity contribution in [2.24, 2.45) is 11.7 Å². The van der Waals surface area contributed by atoms with Gasteiger partial charge in [0.05, 0.1) is 6.04 Å². The van der Waals surface area contributed by atoms with Crippen LogP contribution in [0.5, 0.6) is 0 Å². The van der Waals surface area contributed by atoms with Gasteiger partial charge in [0.25, 0.3) is 0 Å². The van der Waals surface area contributed by atoms with Crippen LogP contribution in [0.25, 0.3) is 0 Å².